The van der Waals surface area contributed by atoms with E-state index < -0.39 is 23.5 Å². The van der Waals surface area contributed by atoms with E-state index in [1.165, 1.54) is 0 Å². The minimum atomic E-state index is -0.926. The monoisotopic (exact) mass is 217 g/mol. The van der Waals surface area contributed by atoms with Crippen molar-refractivity contribution in [3.8, 4) is 0 Å². The van der Waals surface area contributed by atoms with Gasteiger partial charge in [0, 0.05) is 23.7 Å². The lowest BCUT2D eigenvalue weighted by atomic mass is 9.92. The van der Waals surface area contributed by atoms with Gasteiger partial charge < -0.3 is 5.73 Å². The Balaban J connectivity index is 3.13. The first-order valence-electron chi connectivity index (χ1n) is 4.87. The van der Waals surface area contributed by atoms with E-state index in [9.17, 15) is 13.2 Å². The van der Waals surface area contributed by atoms with Gasteiger partial charge >= 0.3 is 0 Å². The Morgan fingerprint density at radius 2 is 1.67 bits per heavy atom. The van der Waals surface area contributed by atoms with Crippen LogP contribution in [0.15, 0.2) is 12.1 Å². The summed E-state index contributed by atoms with van der Waals surface area (Å²) in [5.74, 6) is -2.81. The highest BCUT2D eigenvalue weighted by molar-refractivity contribution is 5.24. The molecule has 2 atom stereocenters. The van der Waals surface area contributed by atoms with Crippen molar-refractivity contribution in [1.29, 1.82) is 0 Å². The normalized spacial score (nSPS) is 15.1. The molecule has 0 heterocycles. The fourth-order valence-corrected chi connectivity index (χ4v) is 1.41. The summed E-state index contributed by atoms with van der Waals surface area (Å²) in [5.41, 5.74) is 5.47. The van der Waals surface area contributed by atoms with Crippen molar-refractivity contribution in [2.75, 3.05) is 0 Å². The molecule has 0 saturated heterocycles. The summed E-state index contributed by atoms with van der Waals surface area (Å²) in [6, 6.07) is 0.567. The van der Waals surface area contributed by atoms with Crippen LogP contribution in [0.25, 0.3) is 0 Å². The molecule has 0 aromatic heterocycles. The summed E-state index contributed by atoms with van der Waals surface area (Å²) in [6.45, 7) is 3.68. The van der Waals surface area contributed by atoms with Crippen LogP contribution < -0.4 is 5.73 Å². The number of hydrogen-bond donors (Lipinski definition) is 1. The van der Waals surface area contributed by atoms with Gasteiger partial charge in [-0.1, -0.05) is 20.3 Å². The number of halogens is 3. The summed E-state index contributed by atoms with van der Waals surface area (Å²) < 4.78 is 39.2. The molecule has 0 bridgehead atoms. The van der Waals surface area contributed by atoms with Gasteiger partial charge in [0.1, 0.15) is 17.5 Å². The molecular formula is C11H14F3N. The van der Waals surface area contributed by atoms with Crippen LogP contribution in [-0.2, 0) is 0 Å². The van der Waals surface area contributed by atoms with Crippen LogP contribution in [0.3, 0.4) is 0 Å². The van der Waals surface area contributed by atoms with Gasteiger partial charge in [0.25, 0.3) is 0 Å². The number of benzene rings is 1. The maximum Gasteiger partial charge on any atom is 0.133 e. The molecule has 0 aliphatic rings. The van der Waals surface area contributed by atoms with Crippen LogP contribution in [0.4, 0.5) is 13.2 Å². The molecule has 15 heavy (non-hydrogen) atoms. The number of nitrogens with two attached hydrogens (primary N) is 1. The van der Waals surface area contributed by atoms with Crippen molar-refractivity contribution in [2.45, 2.75) is 26.3 Å². The topological polar surface area (TPSA) is 26.0 Å². The third kappa shape index (κ3) is 2.50. The highest BCUT2D eigenvalue weighted by atomic mass is 19.1. The van der Waals surface area contributed by atoms with E-state index in [-0.39, 0.29) is 11.5 Å². The summed E-state index contributed by atoms with van der Waals surface area (Å²) in [7, 11) is 0. The fourth-order valence-electron chi connectivity index (χ4n) is 1.41. The van der Waals surface area contributed by atoms with Crippen molar-refractivity contribution < 1.29 is 13.2 Å². The second-order valence-electron chi connectivity index (χ2n) is 3.69. The number of rotatable bonds is 3. The predicted octanol–water partition coefficient (Wildman–Crippen LogP) is 3.15. The molecule has 0 spiro atoms. The van der Waals surface area contributed by atoms with Crippen LogP contribution in [0, 0.1) is 23.4 Å². The first-order chi connectivity index (χ1) is 6.97. The molecule has 0 radical (unpaired) electrons. The molecular weight excluding hydrogens is 203 g/mol. The van der Waals surface area contributed by atoms with Crippen LogP contribution in [0.2, 0.25) is 0 Å². The van der Waals surface area contributed by atoms with E-state index in [4.69, 9.17) is 5.73 Å². The SMILES string of the molecule is CCC(C)[C@H](N)c1c(F)cc(F)cc1F. The van der Waals surface area contributed by atoms with Gasteiger partial charge in [-0.3, -0.25) is 0 Å². The van der Waals surface area contributed by atoms with E-state index in [1.54, 1.807) is 6.92 Å². The van der Waals surface area contributed by atoms with Crippen molar-refractivity contribution in [1.82, 2.24) is 0 Å². The van der Waals surface area contributed by atoms with Crippen molar-refractivity contribution in [3.05, 3.63) is 35.1 Å². The highest BCUT2D eigenvalue weighted by Crippen LogP contribution is 2.27. The standard InChI is InChI=1S/C11H14F3N/c1-3-6(2)11(15)10-8(13)4-7(12)5-9(10)14/h4-6,11H,3,15H2,1-2H3/t6?,11-/m0/s1. The van der Waals surface area contributed by atoms with Gasteiger partial charge in [-0.05, 0) is 5.92 Å². The first kappa shape index (κ1) is 12.0. The number of hydrogen-bond acceptors (Lipinski definition) is 1. The lowest BCUT2D eigenvalue weighted by Crippen LogP contribution is -2.21. The molecule has 1 aromatic carbocycles. The average molecular weight is 217 g/mol. The molecule has 1 rings (SSSR count). The molecule has 0 aliphatic carbocycles. The maximum absolute atomic E-state index is 13.3. The van der Waals surface area contributed by atoms with Crippen LogP contribution in [0.5, 0.6) is 0 Å². The van der Waals surface area contributed by atoms with Crippen molar-refractivity contribution in [3.63, 3.8) is 0 Å². The Hall–Kier alpha value is -1.03. The van der Waals surface area contributed by atoms with Crippen LogP contribution in [0.1, 0.15) is 31.9 Å². The fraction of sp³-hybridized carbons (Fsp3) is 0.455. The Bertz CT molecular complexity index is 329. The molecule has 4 heteroatoms. The lowest BCUT2D eigenvalue weighted by molar-refractivity contribution is 0.415. The zero-order chi connectivity index (χ0) is 11.6. The minimum Gasteiger partial charge on any atom is -0.324 e. The van der Waals surface area contributed by atoms with Gasteiger partial charge in [0.2, 0.25) is 0 Å². The molecule has 1 aromatic rings. The lowest BCUT2D eigenvalue weighted by Gasteiger charge is -2.19. The molecule has 0 aliphatic heterocycles. The predicted molar refractivity (Wildman–Crippen MR) is 52.7 cm³/mol. The van der Waals surface area contributed by atoms with E-state index in [1.807, 2.05) is 6.92 Å². The van der Waals surface area contributed by atoms with Gasteiger partial charge in [0.05, 0.1) is 0 Å². The first-order valence-corrected chi connectivity index (χ1v) is 4.87. The zero-order valence-electron chi connectivity index (χ0n) is 8.73. The molecule has 2 N–H and O–H groups in total. The summed E-state index contributed by atoms with van der Waals surface area (Å²) in [6.07, 6.45) is 0.706. The van der Waals surface area contributed by atoms with E-state index in [0.717, 1.165) is 0 Å². The Morgan fingerprint density at radius 3 is 2.07 bits per heavy atom. The van der Waals surface area contributed by atoms with Gasteiger partial charge in [-0.15, -0.1) is 0 Å². The van der Waals surface area contributed by atoms with Crippen LogP contribution in [-0.4, -0.2) is 0 Å². The van der Waals surface area contributed by atoms with Crippen LogP contribution >= 0.6 is 0 Å². The maximum atomic E-state index is 13.3. The summed E-state index contributed by atoms with van der Waals surface area (Å²) in [4.78, 5) is 0. The van der Waals surface area contributed by atoms with E-state index in [2.05, 4.69) is 0 Å². The molecule has 1 nitrogen and oxygen atoms in total. The summed E-state index contributed by atoms with van der Waals surface area (Å²) >= 11 is 0. The van der Waals surface area contributed by atoms with Gasteiger partial charge in [-0.25, -0.2) is 13.2 Å². The second-order valence-corrected chi connectivity index (χ2v) is 3.69. The Morgan fingerprint density at radius 1 is 1.20 bits per heavy atom. The average Bonchev–Trinajstić information content (AvgIpc) is 2.14. The van der Waals surface area contributed by atoms with E-state index in [0.29, 0.717) is 18.6 Å². The third-order valence-electron chi connectivity index (χ3n) is 2.63. The quantitative estimate of drug-likeness (QED) is 0.826. The smallest absolute Gasteiger partial charge is 0.133 e. The minimum absolute atomic E-state index is 0.0561. The zero-order valence-corrected chi connectivity index (χ0v) is 8.73. The molecule has 0 saturated carbocycles. The van der Waals surface area contributed by atoms with Crippen molar-refractivity contribution >= 4 is 0 Å². The van der Waals surface area contributed by atoms with Gasteiger partial charge in [0.15, 0.2) is 0 Å². The molecule has 0 fully saturated rings. The van der Waals surface area contributed by atoms with Gasteiger partial charge in [-0.2, -0.15) is 0 Å². The van der Waals surface area contributed by atoms with Crippen molar-refractivity contribution in [2.24, 2.45) is 11.7 Å². The third-order valence-corrected chi connectivity index (χ3v) is 2.63. The Kier molecular flexibility index (Phi) is 3.74. The van der Waals surface area contributed by atoms with E-state index >= 15 is 0 Å². The molecule has 84 valence electrons. The largest absolute Gasteiger partial charge is 0.324 e. The Labute approximate surface area is 87.1 Å². The highest BCUT2D eigenvalue weighted by Gasteiger charge is 2.21. The summed E-state index contributed by atoms with van der Waals surface area (Å²) in [5, 5.41) is 0. The molecule has 0 amide bonds. The molecule has 1 unspecified atom stereocenters. The second kappa shape index (κ2) is 4.66.